The van der Waals surface area contributed by atoms with Gasteiger partial charge in [0.1, 0.15) is 10.0 Å². The molecule has 0 radical (unpaired) electrons. The van der Waals surface area contributed by atoms with E-state index in [2.05, 4.69) is 46.4 Å². The largest absolute Gasteiger partial charge is 0.390 e. The first-order valence-electron chi connectivity index (χ1n) is 12.6. The van der Waals surface area contributed by atoms with Crippen molar-refractivity contribution in [2.75, 3.05) is 0 Å². The van der Waals surface area contributed by atoms with Crippen LogP contribution in [0.25, 0.3) is 42.2 Å². The van der Waals surface area contributed by atoms with E-state index in [0.717, 1.165) is 53.3 Å². The topological polar surface area (TPSA) is 128 Å². The first-order chi connectivity index (χ1) is 18.7. The van der Waals surface area contributed by atoms with E-state index < -0.39 is 17.0 Å². The van der Waals surface area contributed by atoms with E-state index in [1.165, 1.54) is 11.3 Å². The minimum atomic E-state index is -0.704. The minimum absolute atomic E-state index is 0.138. The van der Waals surface area contributed by atoms with E-state index in [1.54, 1.807) is 23.7 Å². The number of nitrogens with two attached hydrogens (primary N) is 2. The molecule has 1 fully saturated rings. The van der Waals surface area contributed by atoms with Gasteiger partial charge >= 0.3 is 0 Å². The van der Waals surface area contributed by atoms with Crippen LogP contribution in [0.5, 0.6) is 0 Å². The van der Waals surface area contributed by atoms with Crippen LogP contribution in [0.2, 0.25) is 0 Å². The number of rotatable bonds is 7. The standard InChI is InChI=1S/C30H27N5O2S2/c1-29(37)16-30(32,17-29)22-9-7-19(8-10-22)25-26(20-5-3-2-4-6-20)39-28(35-25)23-15-34-27(38-23)21-11-18(12-24(31)36)13-33-14-21/h2-11,13-15,37H,12,16-17,32H2,1H3,(H2,31,36)/t29-,30-. The summed E-state index contributed by atoms with van der Waals surface area (Å²) in [7, 11) is 0. The van der Waals surface area contributed by atoms with E-state index >= 15 is 0 Å². The van der Waals surface area contributed by atoms with Gasteiger partial charge in [-0.3, -0.25) is 9.78 Å². The van der Waals surface area contributed by atoms with Crippen LogP contribution in [0, 0.1) is 0 Å². The molecule has 0 aliphatic heterocycles. The second kappa shape index (κ2) is 9.77. The first-order valence-corrected chi connectivity index (χ1v) is 14.2. The Labute approximate surface area is 234 Å². The summed E-state index contributed by atoms with van der Waals surface area (Å²) >= 11 is 3.17. The zero-order chi connectivity index (χ0) is 27.2. The lowest BCUT2D eigenvalue weighted by atomic mass is 9.63. The average molecular weight is 554 g/mol. The van der Waals surface area contributed by atoms with Crippen LogP contribution in [0.15, 0.2) is 79.3 Å². The summed E-state index contributed by atoms with van der Waals surface area (Å²) in [6.45, 7) is 1.83. The maximum atomic E-state index is 11.3. The Balaban J connectivity index is 1.35. The third-order valence-electron chi connectivity index (χ3n) is 6.93. The highest BCUT2D eigenvalue weighted by atomic mass is 32.1. The van der Waals surface area contributed by atoms with Gasteiger partial charge < -0.3 is 16.6 Å². The number of aliphatic hydroxyl groups is 1. The van der Waals surface area contributed by atoms with Gasteiger partial charge in [-0.15, -0.1) is 22.7 Å². The highest BCUT2D eigenvalue weighted by Gasteiger charge is 2.49. The fourth-order valence-electron chi connectivity index (χ4n) is 5.29. The van der Waals surface area contributed by atoms with Crippen molar-refractivity contribution >= 4 is 28.6 Å². The van der Waals surface area contributed by atoms with Crippen molar-refractivity contribution < 1.29 is 9.90 Å². The van der Waals surface area contributed by atoms with Gasteiger partial charge in [0.15, 0.2) is 0 Å². The van der Waals surface area contributed by atoms with E-state index in [4.69, 9.17) is 16.5 Å². The number of carbonyl (C=O) groups excluding carboxylic acids is 1. The smallest absolute Gasteiger partial charge is 0.221 e. The van der Waals surface area contributed by atoms with Crippen LogP contribution < -0.4 is 11.5 Å². The number of pyridine rings is 1. The van der Waals surface area contributed by atoms with Gasteiger partial charge in [0, 0.05) is 35.3 Å². The molecule has 0 atom stereocenters. The van der Waals surface area contributed by atoms with Gasteiger partial charge in [0.2, 0.25) is 5.91 Å². The predicted octanol–water partition coefficient (Wildman–Crippen LogP) is 5.39. The molecule has 2 aromatic carbocycles. The molecule has 5 aromatic rings. The lowest BCUT2D eigenvalue weighted by Crippen LogP contribution is -2.58. The van der Waals surface area contributed by atoms with Crippen molar-refractivity contribution in [2.24, 2.45) is 11.5 Å². The molecule has 5 N–H and O–H groups in total. The molecule has 0 unspecified atom stereocenters. The van der Waals surface area contributed by atoms with Crippen LogP contribution in [0.4, 0.5) is 0 Å². The summed E-state index contributed by atoms with van der Waals surface area (Å²) in [5.41, 5.74) is 16.3. The Bertz CT molecular complexity index is 1650. The Kier molecular flexibility index (Phi) is 6.39. The molecule has 0 spiro atoms. The monoisotopic (exact) mass is 553 g/mol. The molecule has 1 aliphatic rings. The number of thiazole rings is 2. The fourth-order valence-corrected chi connectivity index (χ4v) is 7.32. The molecule has 1 amide bonds. The molecular formula is C30H27N5O2S2. The first kappa shape index (κ1) is 25.5. The highest BCUT2D eigenvalue weighted by Crippen LogP contribution is 2.47. The number of amides is 1. The predicted molar refractivity (Wildman–Crippen MR) is 156 cm³/mol. The van der Waals surface area contributed by atoms with Gasteiger partial charge in [0.25, 0.3) is 0 Å². The molecule has 9 heteroatoms. The van der Waals surface area contributed by atoms with Gasteiger partial charge in [-0.1, -0.05) is 54.6 Å². The number of hydrogen-bond donors (Lipinski definition) is 3. The van der Waals surface area contributed by atoms with Gasteiger partial charge in [-0.25, -0.2) is 9.97 Å². The third-order valence-corrected chi connectivity index (χ3v) is 9.25. The Morgan fingerprint density at radius 3 is 2.38 bits per heavy atom. The quantitative estimate of drug-likeness (QED) is 0.248. The molecule has 0 bridgehead atoms. The third kappa shape index (κ3) is 5.14. The van der Waals surface area contributed by atoms with Crippen LogP contribution in [-0.4, -0.2) is 31.6 Å². The number of hydrogen-bond acceptors (Lipinski definition) is 8. The molecular weight excluding hydrogens is 526 g/mol. The molecule has 1 aliphatic carbocycles. The van der Waals surface area contributed by atoms with Crippen molar-refractivity contribution in [3.05, 3.63) is 90.4 Å². The van der Waals surface area contributed by atoms with Crippen molar-refractivity contribution in [1.82, 2.24) is 15.0 Å². The number of nitrogens with zero attached hydrogens (tertiary/aromatic N) is 3. The fraction of sp³-hybridized carbons (Fsp3) is 0.200. The number of carbonyl (C=O) groups is 1. The molecule has 6 rings (SSSR count). The number of aromatic nitrogens is 3. The normalized spacial score (nSPS) is 20.5. The van der Waals surface area contributed by atoms with Crippen molar-refractivity contribution in [3.8, 4) is 42.2 Å². The van der Waals surface area contributed by atoms with Crippen LogP contribution >= 0.6 is 22.7 Å². The van der Waals surface area contributed by atoms with Gasteiger partial charge in [-0.2, -0.15) is 0 Å². The SMILES string of the molecule is C[C@]1(O)C[C@@](N)(c2ccc(-c3nc(-c4cnc(-c5cncc(CC(N)=O)c5)s4)sc3-c3ccccc3)cc2)C1. The van der Waals surface area contributed by atoms with Crippen molar-refractivity contribution in [3.63, 3.8) is 0 Å². The lowest BCUT2D eigenvalue weighted by Gasteiger charge is -2.49. The van der Waals surface area contributed by atoms with Crippen molar-refractivity contribution in [2.45, 2.75) is 37.3 Å². The lowest BCUT2D eigenvalue weighted by molar-refractivity contribution is -0.117. The van der Waals surface area contributed by atoms with E-state index in [1.807, 2.05) is 37.4 Å². The average Bonchev–Trinajstić information content (AvgIpc) is 3.56. The second-order valence-corrected chi connectivity index (χ2v) is 12.4. The molecule has 3 heterocycles. The van der Waals surface area contributed by atoms with E-state index in [9.17, 15) is 9.90 Å². The summed E-state index contributed by atoms with van der Waals surface area (Å²) in [5, 5.41) is 11.9. The zero-order valence-corrected chi connectivity index (χ0v) is 22.9. The molecule has 1 saturated carbocycles. The number of primary amides is 1. The van der Waals surface area contributed by atoms with Crippen LogP contribution in [-0.2, 0) is 16.8 Å². The molecule has 196 valence electrons. The summed E-state index contributed by atoms with van der Waals surface area (Å²) in [5.74, 6) is -0.397. The van der Waals surface area contributed by atoms with Gasteiger partial charge in [0.05, 0.1) is 27.5 Å². The minimum Gasteiger partial charge on any atom is -0.390 e. The van der Waals surface area contributed by atoms with E-state index in [-0.39, 0.29) is 6.42 Å². The molecule has 7 nitrogen and oxygen atoms in total. The van der Waals surface area contributed by atoms with Crippen molar-refractivity contribution in [1.29, 1.82) is 0 Å². The highest BCUT2D eigenvalue weighted by molar-refractivity contribution is 7.25. The van der Waals surface area contributed by atoms with Crippen LogP contribution in [0.1, 0.15) is 30.9 Å². The molecule has 3 aromatic heterocycles. The summed E-state index contributed by atoms with van der Waals surface area (Å²) in [4.78, 5) is 27.3. The number of benzene rings is 2. The summed E-state index contributed by atoms with van der Waals surface area (Å²) < 4.78 is 0. The maximum Gasteiger partial charge on any atom is 0.221 e. The Morgan fingerprint density at radius 2 is 1.69 bits per heavy atom. The molecule has 39 heavy (non-hydrogen) atoms. The van der Waals surface area contributed by atoms with Crippen LogP contribution in [0.3, 0.4) is 0 Å². The van der Waals surface area contributed by atoms with Gasteiger partial charge in [-0.05, 0) is 42.5 Å². The summed E-state index contributed by atoms with van der Waals surface area (Å²) in [6, 6.07) is 20.4. The molecule has 0 saturated heterocycles. The second-order valence-electron chi connectivity index (χ2n) is 10.4. The Morgan fingerprint density at radius 1 is 0.949 bits per heavy atom. The van der Waals surface area contributed by atoms with E-state index in [0.29, 0.717) is 12.8 Å². The Hall–Kier alpha value is -3.76. The zero-order valence-electron chi connectivity index (χ0n) is 21.3. The maximum absolute atomic E-state index is 11.3. The summed E-state index contributed by atoms with van der Waals surface area (Å²) in [6.07, 6.45) is 6.45.